The van der Waals surface area contributed by atoms with Gasteiger partial charge in [0, 0.05) is 5.56 Å². The van der Waals surface area contributed by atoms with E-state index >= 15 is 0 Å². The fraction of sp³-hybridized carbons (Fsp3) is 0.0556. The van der Waals surface area contributed by atoms with Gasteiger partial charge in [0.15, 0.2) is 0 Å². The number of nitrogens with zero attached hydrogens (tertiary/aromatic N) is 2. The lowest BCUT2D eigenvalue weighted by molar-refractivity contribution is 0.0473. The largest absolute Gasteiger partial charge is 0.457 e. The second kappa shape index (κ2) is 6.58. The smallest absolute Gasteiger partial charge is 0.342 e. The molecule has 0 unspecified atom stereocenters. The van der Waals surface area contributed by atoms with Crippen LogP contribution >= 0.6 is 0 Å². The molecule has 0 aliphatic carbocycles. The molecule has 5 nitrogen and oxygen atoms in total. The summed E-state index contributed by atoms with van der Waals surface area (Å²) < 4.78 is 5.33. The number of hydrogen-bond acceptors (Lipinski definition) is 4. The summed E-state index contributed by atoms with van der Waals surface area (Å²) in [5, 5.41) is 15.5. The summed E-state index contributed by atoms with van der Waals surface area (Å²) in [6.07, 6.45) is 1.46. The molecule has 0 aliphatic rings. The molecule has 1 aromatic heterocycles. The standard InChI is InChI=1S/C18H13N3O2/c19-10-13-6-8-14(9-7-13)12-23-18(22)16-11-20-21-17(16)15-4-2-1-3-5-15/h1-9,11H,12H2,(H,20,21). The summed E-state index contributed by atoms with van der Waals surface area (Å²) >= 11 is 0. The van der Waals surface area contributed by atoms with Gasteiger partial charge in [-0.3, -0.25) is 5.10 Å². The van der Waals surface area contributed by atoms with Gasteiger partial charge >= 0.3 is 5.97 Å². The van der Waals surface area contributed by atoms with Gasteiger partial charge in [-0.25, -0.2) is 4.79 Å². The highest BCUT2D eigenvalue weighted by Gasteiger charge is 2.16. The SMILES string of the molecule is N#Cc1ccc(COC(=O)c2cn[nH]c2-c2ccccc2)cc1. The number of H-pyrrole nitrogens is 1. The van der Waals surface area contributed by atoms with E-state index in [1.165, 1.54) is 6.20 Å². The van der Waals surface area contributed by atoms with E-state index in [-0.39, 0.29) is 6.61 Å². The minimum atomic E-state index is -0.443. The van der Waals surface area contributed by atoms with Crippen molar-refractivity contribution < 1.29 is 9.53 Å². The molecule has 1 N–H and O–H groups in total. The van der Waals surface area contributed by atoms with E-state index in [0.717, 1.165) is 11.1 Å². The van der Waals surface area contributed by atoms with Gasteiger partial charge in [0.1, 0.15) is 12.2 Å². The first kappa shape index (κ1) is 14.5. The number of aromatic nitrogens is 2. The van der Waals surface area contributed by atoms with Crippen LogP contribution in [0, 0.1) is 11.3 Å². The molecule has 5 heteroatoms. The van der Waals surface area contributed by atoms with E-state index in [1.54, 1.807) is 24.3 Å². The molecule has 1 heterocycles. The first-order valence-corrected chi connectivity index (χ1v) is 7.03. The zero-order valence-electron chi connectivity index (χ0n) is 12.2. The van der Waals surface area contributed by atoms with Crippen molar-refractivity contribution in [3.8, 4) is 17.3 Å². The van der Waals surface area contributed by atoms with Gasteiger partial charge in [0.05, 0.1) is 23.5 Å². The number of nitriles is 1. The van der Waals surface area contributed by atoms with Crippen molar-refractivity contribution >= 4 is 5.97 Å². The molecule has 0 aliphatic heterocycles. The van der Waals surface area contributed by atoms with Crippen molar-refractivity contribution in [2.45, 2.75) is 6.61 Å². The maximum atomic E-state index is 12.3. The van der Waals surface area contributed by atoms with Crippen molar-refractivity contribution in [2.75, 3.05) is 0 Å². The molecule has 2 aromatic carbocycles. The van der Waals surface area contributed by atoms with E-state index in [2.05, 4.69) is 10.2 Å². The minimum Gasteiger partial charge on any atom is -0.457 e. The van der Waals surface area contributed by atoms with Crippen molar-refractivity contribution in [3.63, 3.8) is 0 Å². The molecule has 0 saturated heterocycles. The Morgan fingerprint density at radius 2 is 1.87 bits per heavy atom. The highest BCUT2D eigenvalue weighted by molar-refractivity contribution is 5.95. The highest BCUT2D eigenvalue weighted by Crippen LogP contribution is 2.21. The molecule has 3 rings (SSSR count). The Hall–Kier alpha value is -3.39. The predicted molar refractivity (Wildman–Crippen MR) is 84.3 cm³/mol. The van der Waals surface area contributed by atoms with Crippen LogP contribution in [0.25, 0.3) is 11.3 Å². The fourth-order valence-corrected chi connectivity index (χ4v) is 2.17. The summed E-state index contributed by atoms with van der Waals surface area (Å²) in [5.41, 5.74) is 3.29. The summed E-state index contributed by atoms with van der Waals surface area (Å²) in [4.78, 5) is 12.3. The van der Waals surface area contributed by atoms with Gasteiger partial charge in [-0.1, -0.05) is 42.5 Å². The number of esters is 1. The molecule has 0 atom stereocenters. The number of benzene rings is 2. The third-order valence-corrected chi connectivity index (χ3v) is 3.37. The first-order valence-electron chi connectivity index (χ1n) is 7.03. The summed E-state index contributed by atoms with van der Waals surface area (Å²) in [6.45, 7) is 0.143. The van der Waals surface area contributed by atoms with Crippen molar-refractivity contribution in [1.82, 2.24) is 10.2 Å². The monoisotopic (exact) mass is 303 g/mol. The van der Waals surface area contributed by atoms with Crippen molar-refractivity contribution in [1.29, 1.82) is 5.26 Å². The zero-order valence-corrected chi connectivity index (χ0v) is 12.2. The first-order chi connectivity index (χ1) is 11.3. The van der Waals surface area contributed by atoms with Gasteiger partial charge in [0.25, 0.3) is 0 Å². The van der Waals surface area contributed by atoms with E-state index in [0.29, 0.717) is 16.8 Å². The van der Waals surface area contributed by atoms with Crippen LogP contribution in [0.15, 0.2) is 60.8 Å². The molecule has 23 heavy (non-hydrogen) atoms. The molecular weight excluding hydrogens is 290 g/mol. The Morgan fingerprint density at radius 1 is 1.13 bits per heavy atom. The van der Waals surface area contributed by atoms with Crippen LogP contribution in [-0.4, -0.2) is 16.2 Å². The Labute approximate surface area is 133 Å². The molecule has 0 fully saturated rings. The Balaban J connectivity index is 1.72. The zero-order chi connectivity index (χ0) is 16.1. The number of nitrogens with one attached hydrogen (secondary N) is 1. The van der Waals surface area contributed by atoms with Crippen molar-refractivity contribution in [3.05, 3.63) is 77.5 Å². The highest BCUT2D eigenvalue weighted by atomic mass is 16.5. The Bertz CT molecular complexity index is 846. The maximum Gasteiger partial charge on any atom is 0.342 e. The fourth-order valence-electron chi connectivity index (χ4n) is 2.17. The van der Waals surface area contributed by atoms with Gasteiger partial charge < -0.3 is 4.74 Å². The van der Waals surface area contributed by atoms with E-state index < -0.39 is 5.97 Å². The molecule has 112 valence electrons. The Kier molecular flexibility index (Phi) is 4.16. The number of carbonyl (C=O) groups excluding carboxylic acids is 1. The molecule has 0 bridgehead atoms. The quantitative estimate of drug-likeness (QED) is 0.750. The Morgan fingerprint density at radius 3 is 2.57 bits per heavy atom. The number of aromatic amines is 1. The second-order valence-electron chi connectivity index (χ2n) is 4.91. The van der Waals surface area contributed by atoms with Gasteiger partial charge in [-0.2, -0.15) is 10.4 Å². The van der Waals surface area contributed by atoms with Crippen LogP contribution < -0.4 is 0 Å². The maximum absolute atomic E-state index is 12.3. The topological polar surface area (TPSA) is 78.8 Å². The van der Waals surface area contributed by atoms with Gasteiger partial charge in [-0.05, 0) is 17.7 Å². The van der Waals surface area contributed by atoms with Crippen molar-refractivity contribution in [2.24, 2.45) is 0 Å². The van der Waals surface area contributed by atoms with Gasteiger partial charge in [0.2, 0.25) is 0 Å². The molecule has 0 amide bonds. The van der Waals surface area contributed by atoms with Crippen LogP contribution in [0.4, 0.5) is 0 Å². The molecule has 0 saturated carbocycles. The third-order valence-electron chi connectivity index (χ3n) is 3.37. The molecule has 0 spiro atoms. The van der Waals surface area contributed by atoms with E-state index in [9.17, 15) is 4.79 Å². The summed E-state index contributed by atoms with van der Waals surface area (Å²) in [5.74, 6) is -0.443. The lowest BCUT2D eigenvalue weighted by Gasteiger charge is -2.06. The van der Waals surface area contributed by atoms with Crippen LogP contribution in [-0.2, 0) is 11.3 Å². The predicted octanol–water partition coefficient (Wildman–Crippen LogP) is 3.31. The molecular formula is C18H13N3O2. The van der Waals surface area contributed by atoms with Crippen LogP contribution in [0.3, 0.4) is 0 Å². The van der Waals surface area contributed by atoms with Crippen LogP contribution in [0.2, 0.25) is 0 Å². The number of rotatable bonds is 4. The second-order valence-corrected chi connectivity index (χ2v) is 4.91. The van der Waals surface area contributed by atoms with E-state index in [4.69, 9.17) is 10.00 Å². The average molecular weight is 303 g/mol. The number of carbonyl (C=O) groups is 1. The lowest BCUT2D eigenvalue weighted by atomic mass is 10.1. The van der Waals surface area contributed by atoms with E-state index in [1.807, 2.05) is 36.4 Å². The number of hydrogen-bond donors (Lipinski definition) is 1. The summed E-state index contributed by atoms with van der Waals surface area (Å²) in [6, 6.07) is 18.4. The minimum absolute atomic E-state index is 0.143. The lowest BCUT2D eigenvalue weighted by Crippen LogP contribution is -2.05. The van der Waals surface area contributed by atoms with Crippen LogP contribution in [0.5, 0.6) is 0 Å². The average Bonchev–Trinajstić information content (AvgIpc) is 3.11. The molecule has 0 radical (unpaired) electrons. The number of ether oxygens (including phenoxy) is 1. The normalized spacial score (nSPS) is 10.0. The third kappa shape index (κ3) is 3.27. The summed E-state index contributed by atoms with van der Waals surface area (Å²) in [7, 11) is 0. The van der Waals surface area contributed by atoms with Crippen LogP contribution in [0.1, 0.15) is 21.5 Å². The molecule has 3 aromatic rings. The van der Waals surface area contributed by atoms with Gasteiger partial charge in [-0.15, -0.1) is 0 Å².